The molecule has 0 bridgehead atoms. The van der Waals surface area contributed by atoms with E-state index in [1.54, 1.807) is 0 Å². The molecule has 1 heterocycles. The Hall–Kier alpha value is -1.13. The van der Waals surface area contributed by atoms with Crippen molar-refractivity contribution >= 4 is 6.16 Å². The Morgan fingerprint density at radius 1 is 1.20 bits per heavy atom. The predicted octanol–water partition coefficient (Wildman–Crippen LogP) is 0.782. The molecule has 0 aromatic heterocycles. The lowest BCUT2D eigenvalue weighted by Crippen LogP contribution is -1.97. The van der Waals surface area contributed by atoms with Crippen LogP contribution in [0.2, 0.25) is 0 Å². The molecule has 58 valence electrons. The van der Waals surface area contributed by atoms with E-state index in [0.717, 1.165) is 30.7 Å². The maximum absolute atomic E-state index is 10.2. The summed E-state index contributed by atoms with van der Waals surface area (Å²) in [6, 6.07) is 0. The van der Waals surface area contributed by atoms with Crippen molar-refractivity contribution in [3.05, 3.63) is 4.91 Å². The average molecular weight is 148 g/mol. The van der Waals surface area contributed by atoms with Crippen LogP contribution in [0.3, 0.4) is 0 Å². The molecule has 0 atom stereocenters. The second-order valence-corrected chi connectivity index (χ2v) is 1.92. The van der Waals surface area contributed by atoms with Crippen molar-refractivity contribution in [1.82, 2.24) is 0 Å². The van der Waals surface area contributed by atoms with Gasteiger partial charge in [0.05, 0.1) is 0 Å². The minimum atomic E-state index is -1.83. The van der Waals surface area contributed by atoms with Crippen molar-refractivity contribution in [2.45, 2.75) is 12.8 Å². The minimum Gasteiger partial charge on any atom is -0.450 e. The number of hydrogen-bond acceptors (Lipinski definition) is 2. The van der Waals surface area contributed by atoms with Gasteiger partial charge in [0.2, 0.25) is 0 Å². The van der Waals surface area contributed by atoms with E-state index in [1.165, 1.54) is 0 Å². The second-order valence-electron chi connectivity index (χ2n) is 1.92. The van der Waals surface area contributed by atoms with Crippen molar-refractivity contribution in [1.29, 1.82) is 0 Å². The number of hydrogen-bond donors (Lipinski definition) is 2. The molecule has 5 nitrogen and oxygen atoms in total. The van der Waals surface area contributed by atoms with Gasteiger partial charge in [0, 0.05) is 17.7 Å². The standard InChI is InChI=1S/C4H8NO.CH2O3/c6-5-3-1-2-4-5;2-1(3)4/h1-4H2;(H2,2,3,4)/q+1;. The largest absolute Gasteiger partial charge is 0.503 e. The molecule has 0 radical (unpaired) electrons. The normalized spacial score (nSPS) is 15.8. The van der Waals surface area contributed by atoms with E-state index < -0.39 is 6.16 Å². The van der Waals surface area contributed by atoms with E-state index in [-0.39, 0.29) is 0 Å². The fourth-order valence-corrected chi connectivity index (χ4v) is 0.688. The van der Waals surface area contributed by atoms with Crippen molar-refractivity contribution in [2.75, 3.05) is 13.1 Å². The summed E-state index contributed by atoms with van der Waals surface area (Å²) in [6.45, 7) is 1.53. The van der Waals surface area contributed by atoms with Crippen molar-refractivity contribution in [3.8, 4) is 0 Å². The molecule has 0 aliphatic carbocycles. The molecular weight excluding hydrogens is 138 g/mol. The van der Waals surface area contributed by atoms with Gasteiger partial charge in [-0.05, 0) is 4.76 Å². The zero-order valence-electron chi connectivity index (χ0n) is 5.49. The molecule has 5 heteroatoms. The van der Waals surface area contributed by atoms with Gasteiger partial charge in [-0.15, -0.1) is 0 Å². The molecule has 0 unspecified atom stereocenters. The summed E-state index contributed by atoms with van der Waals surface area (Å²) >= 11 is 0. The SMILES string of the molecule is O=C(O)O.O=[N+]1CCCC1. The van der Waals surface area contributed by atoms with E-state index in [2.05, 4.69) is 0 Å². The summed E-state index contributed by atoms with van der Waals surface area (Å²) in [5.41, 5.74) is 0. The monoisotopic (exact) mass is 148 g/mol. The molecule has 0 amide bonds. The number of carboxylic acid groups (broad SMARTS) is 2. The van der Waals surface area contributed by atoms with Crippen LogP contribution >= 0.6 is 0 Å². The van der Waals surface area contributed by atoms with Crippen LogP contribution in [0.1, 0.15) is 12.8 Å². The zero-order valence-corrected chi connectivity index (χ0v) is 5.49. The van der Waals surface area contributed by atoms with Crippen LogP contribution < -0.4 is 0 Å². The van der Waals surface area contributed by atoms with Gasteiger partial charge in [-0.25, -0.2) is 4.79 Å². The molecule has 0 aromatic rings. The highest BCUT2D eigenvalue weighted by molar-refractivity contribution is 5.53. The van der Waals surface area contributed by atoms with E-state index in [1.807, 2.05) is 0 Å². The van der Waals surface area contributed by atoms with E-state index in [4.69, 9.17) is 15.0 Å². The Morgan fingerprint density at radius 3 is 1.60 bits per heavy atom. The number of nitrogens with zero attached hydrogens (tertiary/aromatic N) is 1. The topological polar surface area (TPSA) is 77.6 Å². The molecule has 10 heavy (non-hydrogen) atoms. The highest BCUT2D eigenvalue weighted by atomic mass is 16.6. The molecule has 0 spiro atoms. The quantitative estimate of drug-likeness (QED) is 0.497. The Labute approximate surface area is 57.9 Å². The maximum atomic E-state index is 10.2. The smallest absolute Gasteiger partial charge is 0.450 e. The lowest BCUT2D eigenvalue weighted by atomic mass is 10.4. The van der Waals surface area contributed by atoms with Gasteiger partial charge in [-0.2, -0.15) is 0 Å². The van der Waals surface area contributed by atoms with Gasteiger partial charge in [-0.3, -0.25) is 0 Å². The van der Waals surface area contributed by atoms with E-state index in [9.17, 15) is 4.91 Å². The third-order valence-electron chi connectivity index (χ3n) is 1.07. The molecule has 0 saturated carbocycles. The summed E-state index contributed by atoms with van der Waals surface area (Å²) in [6.07, 6.45) is 0.368. The third-order valence-corrected chi connectivity index (χ3v) is 1.07. The Bertz CT molecular complexity index is 122. The van der Waals surface area contributed by atoms with Gasteiger partial charge in [0.25, 0.3) is 0 Å². The van der Waals surface area contributed by atoms with Gasteiger partial charge < -0.3 is 10.2 Å². The predicted molar refractivity (Wildman–Crippen MR) is 33.2 cm³/mol. The van der Waals surface area contributed by atoms with Crippen molar-refractivity contribution < 1.29 is 19.8 Å². The van der Waals surface area contributed by atoms with Crippen molar-refractivity contribution in [3.63, 3.8) is 0 Å². The van der Waals surface area contributed by atoms with Gasteiger partial charge in [0.15, 0.2) is 13.1 Å². The first-order valence-electron chi connectivity index (χ1n) is 2.97. The first kappa shape index (κ1) is 8.87. The van der Waals surface area contributed by atoms with Crippen LogP contribution in [0.5, 0.6) is 0 Å². The Balaban J connectivity index is 0.000000180. The van der Waals surface area contributed by atoms with Crippen LogP contribution in [0.25, 0.3) is 0 Å². The first-order valence-corrected chi connectivity index (χ1v) is 2.97. The van der Waals surface area contributed by atoms with Crippen LogP contribution in [0.4, 0.5) is 4.79 Å². The van der Waals surface area contributed by atoms with E-state index in [0.29, 0.717) is 0 Å². The fourth-order valence-electron chi connectivity index (χ4n) is 0.688. The molecular formula is C5H10NO4+. The molecule has 1 aliphatic rings. The van der Waals surface area contributed by atoms with E-state index >= 15 is 0 Å². The minimum absolute atomic E-state index is 0.764. The van der Waals surface area contributed by atoms with Crippen molar-refractivity contribution in [2.24, 2.45) is 0 Å². The Morgan fingerprint density at radius 2 is 1.50 bits per heavy atom. The summed E-state index contributed by atoms with van der Waals surface area (Å²) in [4.78, 5) is 18.7. The highest BCUT2D eigenvalue weighted by Gasteiger charge is 2.14. The third kappa shape index (κ3) is 6.87. The average Bonchev–Trinajstić information content (AvgIpc) is 2.15. The summed E-state index contributed by atoms with van der Waals surface area (Å²) in [5, 5.41) is 13.9. The highest BCUT2D eigenvalue weighted by Crippen LogP contribution is 1.98. The molecule has 1 rings (SSSR count). The second kappa shape index (κ2) is 4.72. The summed E-state index contributed by atoms with van der Waals surface area (Å²) in [5.74, 6) is 0. The van der Waals surface area contributed by atoms with Gasteiger partial charge in [0.1, 0.15) is 0 Å². The molecule has 2 N–H and O–H groups in total. The number of carbonyl (C=O) groups is 1. The number of rotatable bonds is 0. The Kier molecular flexibility index (Phi) is 4.19. The van der Waals surface area contributed by atoms with Crippen LogP contribution in [0.15, 0.2) is 0 Å². The fraction of sp³-hybridized carbons (Fsp3) is 0.800. The lowest BCUT2D eigenvalue weighted by Gasteiger charge is -1.66. The molecule has 1 saturated heterocycles. The van der Waals surface area contributed by atoms with Crippen LogP contribution in [-0.4, -0.2) is 34.2 Å². The molecule has 0 aromatic carbocycles. The number of nitroso groups, excluding NO2 is 1. The summed E-state index contributed by atoms with van der Waals surface area (Å²) in [7, 11) is 0. The summed E-state index contributed by atoms with van der Waals surface area (Å²) < 4.78 is 1.11. The van der Waals surface area contributed by atoms with Crippen LogP contribution in [-0.2, 0) is 0 Å². The lowest BCUT2D eigenvalue weighted by molar-refractivity contribution is -0.527. The molecule has 1 aliphatic heterocycles. The molecule has 1 fully saturated rings. The first-order chi connectivity index (χ1) is 4.63. The zero-order chi connectivity index (χ0) is 7.98. The van der Waals surface area contributed by atoms with Gasteiger partial charge >= 0.3 is 6.16 Å². The van der Waals surface area contributed by atoms with Crippen LogP contribution in [0, 0.1) is 4.91 Å². The maximum Gasteiger partial charge on any atom is 0.503 e. The van der Waals surface area contributed by atoms with Gasteiger partial charge in [-0.1, -0.05) is 0 Å².